The van der Waals surface area contributed by atoms with Gasteiger partial charge < -0.3 is 25.6 Å². The van der Waals surface area contributed by atoms with Crippen LogP contribution in [0.2, 0.25) is 5.15 Å². The van der Waals surface area contributed by atoms with Gasteiger partial charge in [0, 0.05) is 37.6 Å². The van der Waals surface area contributed by atoms with Gasteiger partial charge in [-0.3, -0.25) is 4.79 Å². The van der Waals surface area contributed by atoms with Crippen LogP contribution in [0.3, 0.4) is 0 Å². The first-order valence-electron chi connectivity index (χ1n) is 10.9. The minimum atomic E-state index is -0.674. The third kappa shape index (κ3) is 6.04. The molecule has 9 nitrogen and oxygen atoms in total. The molecular weight excluding hydrogens is 444 g/mol. The first-order chi connectivity index (χ1) is 15.5. The van der Waals surface area contributed by atoms with Crippen LogP contribution in [0.5, 0.6) is 0 Å². The number of halogens is 1. The van der Waals surface area contributed by atoms with E-state index >= 15 is 0 Å². The van der Waals surface area contributed by atoms with Gasteiger partial charge in [-0.1, -0.05) is 18.5 Å². The van der Waals surface area contributed by atoms with Crippen molar-refractivity contribution in [1.29, 1.82) is 0 Å². The van der Waals surface area contributed by atoms with E-state index in [-0.39, 0.29) is 22.8 Å². The van der Waals surface area contributed by atoms with E-state index in [0.29, 0.717) is 38.3 Å². The number of aromatic nitrogens is 2. The Morgan fingerprint density at radius 3 is 2.39 bits per heavy atom. The summed E-state index contributed by atoms with van der Waals surface area (Å²) in [5.41, 5.74) is 8.41. The number of nitrogens with zero attached hydrogens (tertiary/aromatic N) is 4. The van der Waals surface area contributed by atoms with Crippen LogP contribution in [0.25, 0.3) is 0 Å². The fourth-order valence-corrected chi connectivity index (χ4v) is 3.88. The molecule has 3 N–H and O–H groups in total. The Hall–Kier alpha value is -3.07. The molecule has 1 aromatic heterocycles. The van der Waals surface area contributed by atoms with Gasteiger partial charge in [0.25, 0.3) is 5.91 Å². The number of nitrogens with one attached hydrogen (secondary N) is 1. The molecule has 0 saturated carbocycles. The monoisotopic (exact) mass is 474 g/mol. The van der Waals surface area contributed by atoms with Crippen LogP contribution in [-0.2, 0) is 11.2 Å². The number of hydrogen-bond donors (Lipinski definition) is 2. The number of primary amides is 1. The number of hydrogen-bond acceptors (Lipinski definition) is 7. The van der Waals surface area contributed by atoms with Crippen molar-refractivity contribution >= 4 is 40.8 Å². The number of rotatable bonds is 5. The summed E-state index contributed by atoms with van der Waals surface area (Å²) in [6.45, 7) is 12.1. The summed E-state index contributed by atoms with van der Waals surface area (Å²) in [5.74, 6) is -0.449. The van der Waals surface area contributed by atoms with Crippen LogP contribution in [0, 0.1) is 6.92 Å². The quantitative estimate of drug-likeness (QED) is 0.675. The average molecular weight is 475 g/mol. The first kappa shape index (κ1) is 24.6. The van der Waals surface area contributed by atoms with E-state index in [1.54, 1.807) is 4.90 Å². The van der Waals surface area contributed by atoms with Gasteiger partial charge in [0.1, 0.15) is 5.60 Å². The minimum absolute atomic E-state index is 0.0521. The molecule has 3 rings (SSSR count). The number of carbonyl (C=O) groups excluding carboxylic acids is 2. The molecule has 1 aliphatic rings. The van der Waals surface area contributed by atoms with Gasteiger partial charge in [-0.2, -0.15) is 0 Å². The zero-order chi connectivity index (χ0) is 24.3. The molecule has 33 heavy (non-hydrogen) atoms. The standard InChI is InChI=1S/C23H31ClN6O3/c1-6-16-19(24)28-21(18(27-16)20(25)31)26-15-7-8-17(14(2)13-15)29-9-11-30(12-10-29)22(32)33-23(3,4)5/h7-8,13H,6,9-12H2,1-5H3,(H2,25,31)(H,26,28). The SMILES string of the molecule is CCc1nc(C(N)=O)c(Nc2ccc(N3CCN(C(=O)OC(C)(C)C)CC3)c(C)c2)nc1Cl. The van der Waals surface area contributed by atoms with Gasteiger partial charge in [0.2, 0.25) is 0 Å². The zero-order valence-electron chi connectivity index (χ0n) is 19.7. The van der Waals surface area contributed by atoms with Gasteiger partial charge in [0.15, 0.2) is 16.7 Å². The molecular formula is C23H31ClN6O3. The van der Waals surface area contributed by atoms with E-state index < -0.39 is 11.5 Å². The van der Waals surface area contributed by atoms with E-state index in [4.69, 9.17) is 22.1 Å². The van der Waals surface area contributed by atoms with E-state index in [1.165, 1.54) is 0 Å². The normalized spacial score (nSPS) is 14.2. The van der Waals surface area contributed by atoms with E-state index in [0.717, 1.165) is 16.9 Å². The molecule has 0 aliphatic carbocycles. The van der Waals surface area contributed by atoms with Crippen molar-refractivity contribution in [3.63, 3.8) is 0 Å². The van der Waals surface area contributed by atoms with E-state index in [9.17, 15) is 9.59 Å². The van der Waals surface area contributed by atoms with Crippen molar-refractivity contribution in [2.75, 3.05) is 36.4 Å². The number of nitrogens with two attached hydrogens (primary N) is 1. The summed E-state index contributed by atoms with van der Waals surface area (Å²) >= 11 is 6.19. The molecule has 1 aromatic carbocycles. The van der Waals surface area contributed by atoms with Gasteiger partial charge in [-0.05, 0) is 57.9 Å². The molecule has 0 unspecified atom stereocenters. The Morgan fingerprint density at radius 1 is 1.18 bits per heavy atom. The lowest BCUT2D eigenvalue weighted by molar-refractivity contribution is 0.0240. The summed E-state index contributed by atoms with van der Waals surface area (Å²) in [7, 11) is 0. The van der Waals surface area contributed by atoms with Crippen molar-refractivity contribution in [2.24, 2.45) is 5.73 Å². The third-order valence-corrected chi connectivity index (χ3v) is 5.52. The highest BCUT2D eigenvalue weighted by Crippen LogP contribution is 2.28. The number of aryl methyl sites for hydroxylation is 2. The maximum atomic E-state index is 12.3. The lowest BCUT2D eigenvalue weighted by Gasteiger charge is -2.37. The lowest BCUT2D eigenvalue weighted by atomic mass is 10.1. The van der Waals surface area contributed by atoms with Crippen molar-refractivity contribution < 1.29 is 14.3 Å². The molecule has 2 amide bonds. The van der Waals surface area contributed by atoms with Crippen LogP contribution in [0.15, 0.2) is 18.2 Å². The summed E-state index contributed by atoms with van der Waals surface area (Å²) in [6.07, 6.45) is 0.263. The van der Waals surface area contributed by atoms with E-state index in [1.807, 2.05) is 52.8 Å². The Balaban J connectivity index is 1.71. The molecule has 0 atom stereocenters. The number of piperazine rings is 1. The molecule has 1 fully saturated rings. The van der Waals surface area contributed by atoms with Crippen molar-refractivity contribution in [1.82, 2.24) is 14.9 Å². The second kappa shape index (κ2) is 9.82. The maximum absolute atomic E-state index is 12.3. The number of amides is 2. The van der Waals surface area contributed by atoms with Crippen LogP contribution < -0.4 is 16.0 Å². The predicted molar refractivity (Wildman–Crippen MR) is 129 cm³/mol. The Bertz CT molecular complexity index is 1050. The molecule has 2 aromatic rings. The largest absolute Gasteiger partial charge is 0.444 e. The first-order valence-corrected chi connectivity index (χ1v) is 11.3. The van der Waals surface area contributed by atoms with Gasteiger partial charge in [-0.15, -0.1) is 0 Å². The topological polar surface area (TPSA) is 114 Å². The minimum Gasteiger partial charge on any atom is -0.444 e. The number of anilines is 3. The molecule has 2 heterocycles. The fourth-order valence-electron chi connectivity index (χ4n) is 3.61. The zero-order valence-corrected chi connectivity index (χ0v) is 20.5. The molecule has 1 aliphatic heterocycles. The summed E-state index contributed by atoms with van der Waals surface area (Å²) in [5, 5.41) is 3.35. The number of benzene rings is 1. The van der Waals surface area contributed by atoms with Crippen LogP contribution in [0.4, 0.5) is 22.0 Å². The fraction of sp³-hybridized carbons (Fsp3) is 0.478. The van der Waals surface area contributed by atoms with Crippen molar-refractivity contribution in [3.05, 3.63) is 40.3 Å². The van der Waals surface area contributed by atoms with E-state index in [2.05, 4.69) is 20.2 Å². The van der Waals surface area contributed by atoms with Crippen LogP contribution >= 0.6 is 11.6 Å². The average Bonchev–Trinajstić information content (AvgIpc) is 2.73. The summed E-state index contributed by atoms with van der Waals surface area (Å²) in [4.78, 5) is 36.7. The molecule has 0 spiro atoms. The second-order valence-electron chi connectivity index (χ2n) is 8.96. The Labute approximate surface area is 199 Å². The highest BCUT2D eigenvalue weighted by molar-refractivity contribution is 6.30. The van der Waals surface area contributed by atoms with Crippen molar-refractivity contribution in [2.45, 2.75) is 46.6 Å². The molecule has 10 heteroatoms. The Morgan fingerprint density at radius 2 is 1.85 bits per heavy atom. The molecule has 0 radical (unpaired) electrons. The molecule has 178 valence electrons. The summed E-state index contributed by atoms with van der Waals surface area (Å²) < 4.78 is 5.47. The van der Waals surface area contributed by atoms with Gasteiger partial charge >= 0.3 is 6.09 Å². The Kier molecular flexibility index (Phi) is 7.31. The predicted octanol–water partition coefficient (Wildman–Crippen LogP) is 3.90. The molecule has 1 saturated heterocycles. The molecule has 0 bridgehead atoms. The van der Waals surface area contributed by atoms with Crippen LogP contribution in [0.1, 0.15) is 49.4 Å². The number of carbonyl (C=O) groups is 2. The number of ether oxygens (including phenoxy) is 1. The maximum Gasteiger partial charge on any atom is 0.410 e. The van der Waals surface area contributed by atoms with Crippen molar-refractivity contribution in [3.8, 4) is 0 Å². The summed E-state index contributed by atoms with van der Waals surface area (Å²) in [6, 6.07) is 5.86. The highest BCUT2D eigenvalue weighted by Gasteiger charge is 2.26. The highest BCUT2D eigenvalue weighted by atomic mass is 35.5. The lowest BCUT2D eigenvalue weighted by Crippen LogP contribution is -2.50. The second-order valence-corrected chi connectivity index (χ2v) is 9.31. The van der Waals surface area contributed by atoms with Gasteiger partial charge in [-0.25, -0.2) is 14.8 Å². The van der Waals surface area contributed by atoms with Gasteiger partial charge in [0.05, 0.1) is 5.69 Å². The smallest absolute Gasteiger partial charge is 0.410 e. The third-order valence-electron chi connectivity index (χ3n) is 5.22. The van der Waals surface area contributed by atoms with Crippen LogP contribution in [-0.4, -0.2) is 58.6 Å².